The molecule has 0 atom stereocenters. The Bertz CT molecular complexity index is 1240. The molecule has 2 aromatic heterocycles. The highest BCUT2D eigenvalue weighted by Gasteiger charge is 2.28. The van der Waals surface area contributed by atoms with E-state index in [4.69, 9.17) is 9.72 Å². The van der Waals surface area contributed by atoms with E-state index in [1.54, 1.807) is 0 Å². The lowest BCUT2D eigenvalue weighted by molar-refractivity contribution is 0.0699. The smallest absolute Gasteiger partial charge is 0.251 e. The van der Waals surface area contributed by atoms with Gasteiger partial charge in [0.15, 0.2) is 5.65 Å². The zero-order chi connectivity index (χ0) is 23.9. The third-order valence-electron chi connectivity index (χ3n) is 7.25. The van der Waals surface area contributed by atoms with Gasteiger partial charge in [-0.25, -0.2) is 4.98 Å². The summed E-state index contributed by atoms with van der Waals surface area (Å²) in [5.74, 6) is 2.28. The van der Waals surface area contributed by atoms with Crippen molar-refractivity contribution in [2.45, 2.75) is 44.8 Å². The average Bonchev–Trinajstić information content (AvgIpc) is 3.55. The standard InChI is InChI=1S/C26H32N6O3/c1-16-10-18(2-5-21(16)26(34)29-19-3-4-19)22-13-28-32-23(27-12-17-6-8-35-9-7-17)11-24(30-25(22)32)31-14-20(33)15-31/h2,5,10-11,13,17,19-20,27,33H,3-4,6-9,12,14-15H2,1H3,(H,29,34). The molecule has 3 aliphatic rings. The van der Waals surface area contributed by atoms with Crippen LogP contribution in [0.3, 0.4) is 0 Å². The minimum atomic E-state index is -0.312. The molecule has 1 aromatic carbocycles. The second kappa shape index (κ2) is 9.13. The zero-order valence-electron chi connectivity index (χ0n) is 20.0. The molecule has 3 N–H and O–H groups in total. The Labute approximate surface area is 204 Å². The number of aliphatic hydroxyl groups is 1. The van der Waals surface area contributed by atoms with E-state index in [0.717, 1.165) is 79.4 Å². The van der Waals surface area contributed by atoms with Gasteiger partial charge in [-0.1, -0.05) is 12.1 Å². The van der Waals surface area contributed by atoms with Gasteiger partial charge in [0.05, 0.1) is 12.3 Å². The summed E-state index contributed by atoms with van der Waals surface area (Å²) < 4.78 is 7.36. The molecule has 35 heavy (non-hydrogen) atoms. The Morgan fingerprint density at radius 1 is 1.17 bits per heavy atom. The van der Waals surface area contributed by atoms with Crippen LogP contribution >= 0.6 is 0 Å². The first-order valence-corrected chi connectivity index (χ1v) is 12.6. The van der Waals surface area contributed by atoms with Crippen molar-refractivity contribution in [1.82, 2.24) is 19.9 Å². The number of aromatic nitrogens is 3. The van der Waals surface area contributed by atoms with Gasteiger partial charge in [0, 0.05) is 56.1 Å². The van der Waals surface area contributed by atoms with Crippen molar-refractivity contribution < 1.29 is 14.6 Å². The average molecular weight is 477 g/mol. The van der Waals surface area contributed by atoms with Crippen LogP contribution < -0.4 is 15.5 Å². The lowest BCUT2D eigenvalue weighted by Gasteiger charge is -2.37. The minimum absolute atomic E-state index is 0.00670. The molecule has 0 spiro atoms. The molecule has 9 nitrogen and oxygen atoms in total. The van der Waals surface area contributed by atoms with Crippen molar-refractivity contribution in [2.24, 2.45) is 5.92 Å². The van der Waals surface area contributed by atoms with Crippen LogP contribution in [0.4, 0.5) is 11.6 Å². The van der Waals surface area contributed by atoms with Crippen LogP contribution in [0.2, 0.25) is 0 Å². The molecule has 184 valence electrons. The highest BCUT2D eigenvalue weighted by Crippen LogP contribution is 2.31. The zero-order valence-corrected chi connectivity index (χ0v) is 20.0. The fourth-order valence-corrected chi connectivity index (χ4v) is 4.86. The lowest BCUT2D eigenvalue weighted by atomic mass is 10.0. The third kappa shape index (κ3) is 4.58. The molecule has 1 amide bonds. The van der Waals surface area contributed by atoms with E-state index in [1.807, 2.05) is 41.9 Å². The topological polar surface area (TPSA) is 104 Å². The van der Waals surface area contributed by atoms with Gasteiger partial charge in [0.1, 0.15) is 11.6 Å². The molecule has 3 fully saturated rings. The predicted molar refractivity (Wildman–Crippen MR) is 134 cm³/mol. The van der Waals surface area contributed by atoms with E-state index in [1.165, 1.54) is 0 Å². The summed E-state index contributed by atoms with van der Waals surface area (Å²) in [4.78, 5) is 19.6. The van der Waals surface area contributed by atoms with E-state index in [0.29, 0.717) is 30.6 Å². The Morgan fingerprint density at radius 3 is 2.69 bits per heavy atom. The number of hydrogen-bond donors (Lipinski definition) is 3. The van der Waals surface area contributed by atoms with Gasteiger partial charge in [-0.2, -0.15) is 9.61 Å². The molecule has 2 aliphatic heterocycles. The van der Waals surface area contributed by atoms with Gasteiger partial charge in [-0.05, 0) is 55.7 Å². The summed E-state index contributed by atoms with van der Waals surface area (Å²) in [7, 11) is 0. The highest BCUT2D eigenvalue weighted by atomic mass is 16.5. The maximum Gasteiger partial charge on any atom is 0.251 e. The molecule has 2 saturated heterocycles. The molecule has 9 heteroatoms. The summed E-state index contributed by atoms with van der Waals surface area (Å²) >= 11 is 0. The van der Waals surface area contributed by atoms with Gasteiger partial charge in [0.25, 0.3) is 5.91 Å². The Hall–Kier alpha value is -3.17. The molecule has 0 unspecified atom stereocenters. The van der Waals surface area contributed by atoms with Crippen molar-refractivity contribution in [3.05, 3.63) is 41.6 Å². The van der Waals surface area contributed by atoms with Gasteiger partial charge >= 0.3 is 0 Å². The largest absolute Gasteiger partial charge is 0.389 e. The van der Waals surface area contributed by atoms with Crippen molar-refractivity contribution in [1.29, 1.82) is 0 Å². The molecule has 0 bridgehead atoms. The Morgan fingerprint density at radius 2 is 1.97 bits per heavy atom. The monoisotopic (exact) mass is 476 g/mol. The van der Waals surface area contributed by atoms with E-state index in [2.05, 4.69) is 20.6 Å². The van der Waals surface area contributed by atoms with Crippen molar-refractivity contribution >= 4 is 23.2 Å². The SMILES string of the molecule is Cc1cc(-c2cnn3c(NCC4CCOCC4)cc(N4CC(O)C4)nc23)ccc1C(=O)NC1CC1. The number of fused-ring (bicyclic) bond motifs is 1. The number of carbonyl (C=O) groups excluding carboxylic acids is 1. The number of carbonyl (C=O) groups is 1. The van der Waals surface area contributed by atoms with Crippen LogP contribution in [0, 0.1) is 12.8 Å². The molecular formula is C26H32N6O3. The molecule has 1 aliphatic carbocycles. The number of ether oxygens (including phenoxy) is 1. The van der Waals surface area contributed by atoms with E-state index >= 15 is 0 Å². The van der Waals surface area contributed by atoms with Gasteiger partial charge in [-0.3, -0.25) is 4.79 Å². The molecule has 4 heterocycles. The number of rotatable bonds is 7. The fourth-order valence-electron chi connectivity index (χ4n) is 4.86. The summed E-state index contributed by atoms with van der Waals surface area (Å²) in [6.45, 7) is 5.61. The molecule has 0 radical (unpaired) electrons. The van der Waals surface area contributed by atoms with Crippen molar-refractivity contribution in [3.8, 4) is 11.1 Å². The molecule has 3 aromatic rings. The van der Waals surface area contributed by atoms with Crippen molar-refractivity contribution in [2.75, 3.05) is 43.1 Å². The number of aryl methyl sites for hydroxylation is 1. The first-order valence-electron chi connectivity index (χ1n) is 12.6. The number of hydrogen-bond acceptors (Lipinski definition) is 7. The van der Waals surface area contributed by atoms with Gasteiger partial charge < -0.3 is 25.4 Å². The number of anilines is 2. The van der Waals surface area contributed by atoms with Crippen LogP contribution in [-0.4, -0.2) is 70.6 Å². The van der Waals surface area contributed by atoms with Gasteiger partial charge in [0.2, 0.25) is 0 Å². The van der Waals surface area contributed by atoms with Crippen LogP contribution in [0.1, 0.15) is 41.6 Å². The van der Waals surface area contributed by atoms with Gasteiger partial charge in [-0.15, -0.1) is 0 Å². The fraction of sp³-hybridized carbons (Fsp3) is 0.500. The van der Waals surface area contributed by atoms with E-state index in [9.17, 15) is 9.90 Å². The maximum absolute atomic E-state index is 12.6. The van der Waals surface area contributed by atoms with Crippen LogP contribution in [0.15, 0.2) is 30.5 Å². The predicted octanol–water partition coefficient (Wildman–Crippen LogP) is 2.62. The number of nitrogens with zero attached hydrogens (tertiary/aromatic N) is 4. The lowest BCUT2D eigenvalue weighted by Crippen LogP contribution is -2.51. The first-order chi connectivity index (χ1) is 17.0. The summed E-state index contributed by atoms with van der Waals surface area (Å²) in [6.07, 6.45) is 5.77. The molecule has 1 saturated carbocycles. The number of β-amino-alcohol motifs (C(OH)–C–C–N with tert-alkyl or cyclic N) is 1. The summed E-state index contributed by atoms with van der Waals surface area (Å²) in [5.41, 5.74) is 4.29. The van der Waals surface area contributed by atoms with Crippen molar-refractivity contribution in [3.63, 3.8) is 0 Å². The Balaban J connectivity index is 1.32. The summed E-state index contributed by atoms with van der Waals surface area (Å²) in [6, 6.07) is 8.26. The minimum Gasteiger partial charge on any atom is -0.389 e. The van der Waals surface area contributed by atoms with Crippen LogP contribution in [-0.2, 0) is 4.74 Å². The molecule has 6 rings (SSSR count). The second-order valence-corrected chi connectivity index (χ2v) is 10.1. The first kappa shape index (κ1) is 22.3. The second-order valence-electron chi connectivity index (χ2n) is 10.1. The van der Waals surface area contributed by atoms with E-state index in [-0.39, 0.29) is 12.0 Å². The quantitative estimate of drug-likeness (QED) is 0.482. The third-order valence-corrected chi connectivity index (χ3v) is 7.25. The number of nitrogens with one attached hydrogen (secondary N) is 2. The Kier molecular flexibility index (Phi) is 5.82. The maximum atomic E-state index is 12.6. The van der Waals surface area contributed by atoms with E-state index < -0.39 is 0 Å². The summed E-state index contributed by atoms with van der Waals surface area (Å²) in [5, 5.41) is 21.2. The van der Waals surface area contributed by atoms with Crippen LogP contribution in [0.5, 0.6) is 0 Å². The number of amides is 1. The number of benzene rings is 1. The highest BCUT2D eigenvalue weighted by molar-refractivity contribution is 5.97. The molecular weight excluding hydrogens is 444 g/mol. The normalized spacial score (nSPS) is 19.1. The number of aliphatic hydroxyl groups excluding tert-OH is 1. The van der Waals surface area contributed by atoms with Crippen LogP contribution in [0.25, 0.3) is 16.8 Å².